The number of aliphatic carboxylic acids is 1. The number of carboxylic acids is 1. The molecule has 0 aromatic rings. The highest BCUT2D eigenvalue weighted by Gasteiger charge is 1.91. The first kappa shape index (κ1) is 7.68. The Hall–Kier alpha value is -1.32. The molecular formula is C5H6O4. The van der Waals surface area contributed by atoms with Crippen molar-refractivity contribution in [2.24, 2.45) is 0 Å². The van der Waals surface area contributed by atoms with Crippen molar-refractivity contribution in [1.29, 1.82) is 0 Å². The first-order valence-electron chi connectivity index (χ1n) is 2.15. The molecule has 0 bridgehead atoms. The van der Waals surface area contributed by atoms with Crippen molar-refractivity contribution in [1.82, 2.24) is 0 Å². The van der Waals surface area contributed by atoms with Crippen LogP contribution in [0.4, 0.5) is 0 Å². The molecule has 0 aliphatic rings. The van der Waals surface area contributed by atoms with Crippen molar-refractivity contribution in [3.05, 3.63) is 12.2 Å². The van der Waals surface area contributed by atoms with E-state index in [0.29, 0.717) is 6.08 Å². The fraction of sp³-hybridized carbons (Fsp3) is 0.200. The number of carbonyl (C=O) groups excluding carboxylic acids is 1. The van der Waals surface area contributed by atoms with Gasteiger partial charge in [0.1, 0.15) is 0 Å². The average molecular weight is 130 g/mol. The summed E-state index contributed by atoms with van der Waals surface area (Å²) in [5, 5.41) is 7.96. The molecule has 0 heterocycles. The van der Waals surface area contributed by atoms with Crippen LogP contribution in [-0.4, -0.2) is 24.2 Å². The molecule has 0 fully saturated rings. The van der Waals surface area contributed by atoms with E-state index in [9.17, 15) is 9.59 Å². The lowest BCUT2D eigenvalue weighted by molar-refractivity contribution is -0.136. The molecule has 0 rings (SSSR count). The van der Waals surface area contributed by atoms with Gasteiger partial charge in [0, 0.05) is 12.2 Å². The molecule has 0 spiro atoms. The largest absolute Gasteiger partial charge is 0.478 e. The van der Waals surface area contributed by atoms with Crippen molar-refractivity contribution in [3.8, 4) is 0 Å². The summed E-state index contributed by atoms with van der Waals surface area (Å²) in [7, 11) is 1.18. The summed E-state index contributed by atoms with van der Waals surface area (Å²) in [4.78, 5) is 19.9. The van der Waals surface area contributed by atoms with E-state index in [1.807, 2.05) is 0 Å². The van der Waals surface area contributed by atoms with Crippen molar-refractivity contribution in [2.45, 2.75) is 0 Å². The van der Waals surface area contributed by atoms with Crippen molar-refractivity contribution < 1.29 is 19.4 Å². The minimum atomic E-state index is -1.17. The van der Waals surface area contributed by atoms with Crippen molar-refractivity contribution in [2.75, 3.05) is 7.11 Å². The Balaban J connectivity index is 3.71. The molecule has 4 nitrogen and oxygen atoms in total. The number of ether oxygens (including phenoxy) is 1. The second-order valence-corrected chi connectivity index (χ2v) is 1.19. The van der Waals surface area contributed by atoms with Crippen LogP contribution in [0.15, 0.2) is 12.2 Å². The van der Waals surface area contributed by atoms with Gasteiger partial charge in [-0.1, -0.05) is 0 Å². The van der Waals surface area contributed by atoms with E-state index in [1.54, 1.807) is 0 Å². The topological polar surface area (TPSA) is 63.6 Å². The summed E-state index contributed by atoms with van der Waals surface area (Å²) in [6.07, 6.45) is 1.55. The zero-order valence-electron chi connectivity index (χ0n) is 4.83. The zero-order chi connectivity index (χ0) is 7.28. The molecule has 0 aromatic heterocycles. The summed E-state index contributed by atoms with van der Waals surface area (Å²) in [5.74, 6) is -1.84. The normalized spacial score (nSPS) is 9.44. The van der Waals surface area contributed by atoms with Gasteiger partial charge in [-0.25, -0.2) is 9.59 Å². The van der Waals surface area contributed by atoms with Gasteiger partial charge in [-0.3, -0.25) is 0 Å². The molecule has 4 heteroatoms. The number of carboxylic acid groups (broad SMARTS) is 1. The highest BCUT2D eigenvalue weighted by Crippen LogP contribution is 1.76. The van der Waals surface area contributed by atoms with Gasteiger partial charge >= 0.3 is 11.9 Å². The number of methoxy groups -OCH3 is 1. The number of rotatable bonds is 2. The Morgan fingerprint density at radius 2 is 2.00 bits per heavy atom. The molecule has 0 amide bonds. The minimum absolute atomic E-state index is 0.669. The van der Waals surface area contributed by atoms with E-state index in [2.05, 4.69) is 4.74 Å². The lowest BCUT2D eigenvalue weighted by atomic mass is 10.5. The standard InChI is InChI=1S/C5H6O4/c1-9-5(8)3-2-4(6)7/h2-3H,1H3,(H,6,7)/b3-2-. The number of hydrogen-bond donors (Lipinski definition) is 1. The summed E-state index contributed by atoms with van der Waals surface area (Å²) in [6, 6.07) is 0. The van der Waals surface area contributed by atoms with Gasteiger partial charge < -0.3 is 9.84 Å². The van der Waals surface area contributed by atoms with Gasteiger partial charge in [-0.05, 0) is 0 Å². The number of hydrogen-bond acceptors (Lipinski definition) is 3. The Morgan fingerprint density at radius 3 is 2.33 bits per heavy atom. The minimum Gasteiger partial charge on any atom is -0.478 e. The first-order chi connectivity index (χ1) is 4.16. The van der Waals surface area contributed by atoms with Crippen LogP contribution >= 0.6 is 0 Å². The maximum atomic E-state index is 10.1. The Kier molecular flexibility index (Phi) is 3.12. The molecule has 0 aliphatic carbocycles. The molecular weight excluding hydrogens is 124 g/mol. The van der Waals surface area contributed by atoms with Crippen molar-refractivity contribution in [3.63, 3.8) is 0 Å². The highest BCUT2D eigenvalue weighted by molar-refractivity contribution is 5.90. The van der Waals surface area contributed by atoms with Crippen LogP contribution in [0, 0.1) is 0 Å². The number of esters is 1. The molecule has 50 valence electrons. The quantitative estimate of drug-likeness (QED) is 0.415. The molecule has 0 aliphatic heterocycles. The van der Waals surface area contributed by atoms with E-state index < -0.39 is 11.9 Å². The molecule has 0 saturated carbocycles. The van der Waals surface area contributed by atoms with Gasteiger partial charge in [0.05, 0.1) is 7.11 Å². The van der Waals surface area contributed by atoms with Crippen LogP contribution in [0.5, 0.6) is 0 Å². The molecule has 0 aromatic carbocycles. The predicted octanol–water partition coefficient (Wildman–Crippen LogP) is -0.200. The van der Waals surface area contributed by atoms with E-state index in [1.165, 1.54) is 7.11 Å². The van der Waals surface area contributed by atoms with E-state index in [-0.39, 0.29) is 0 Å². The maximum Gasteiger partial charge on any atom is 0.330 e. The third kappa shape index (κ3) is 4.53. The Bertz CT molecular complexity index is 147. The zero-order valence-corrected chi connectivity index (χ0v) is 4.83. The smallest absolute Gasteiger partial charge is 0.330 e. The molecule has 0 saturated heterocycles. The van der Waals surface area contributed by atoms with Gasteiger partial charge in [0.2, 0.25) is 0 Å². The number of carbonyl (C=O) groups is 2. The first-order valence-corrected chi connectivity index (χ1v) is 2.15. The van der Waals surface area contributed by atoms with Crippen LogP contribution in [0.1, 0.15) is 0 Å². The van der Waals surface area contributed by atoms with Crippen LogP contribution in [0.2, 0.25) is 0 Å². The highest BCUT2D eigenvalue weighted by atomic mass is 16.5. The third-order valence-corrected chi connectivity index (χ3v) is 0.563. The molecule has 1 N–H and O–H groups in total. The van der Waals surface area contributed by atoms with E-state index >= 15 is 0 Å². The molecule has 9 heavy (non-hydrogen) atoms. The van der Waals surface area contributed by atoms with Crippen molar-refractivity contribution >= 4 is 11.9 Å². The summed E-state index contributed by atoms with van der Waals surface area (Å²) in [5.41, 5.74) is 0. The second kappa shape index (κ2) is 3.65. The van der Waals surface area contributed by atoms with Crippen LogP contribution in [0.3, 0.4) is 0 Å². The second-order valence-electron chi connectivity index (χ2n) is 1.19. The van der Waals surface area contributed by atoms with Gasteiger partial charge in [-0.2, -0.15) is 0 Å². The Labute approximate surface area is 51.7 Å². The van der Waals surface area contributed by atoms with E-state index in [4.69, 9.17) is 5.11 Å². The lowest BCUT2D eigenvalue weighted by Gasteiger charge is -1.85. The van der Waals surface area contributed by atoms with Gasteiger partial charge in [0.15, 0.2) is 0 Å². The monoisotopic (exact) mass is 130 g/mol. The SMILES string of the molecule is COC(=O)/C=C\C(=O)O. The van der Waals surface area contributed by atoms with Gasteiger partial charge in [-0.15, -0.1) is 0 Å². The lowest BCUT2D eigenvalue weighted by Crippen LogP contribution is -1.96. The van der Waals surface area contributed by atoms with E-state index in [0.717, 1.165) is 6.08 Å². The molecule has 0 atom stereocenters. The molecule has 0 radical (unpaired) electrons. The fourth-order valence-corrected chi connectivity index (χ4v) is 0.207. The fourth-order valence-electron chi connectivity index (χ4n) is 0.207. The van der Waals surface area contributed by atoms with Crippen LogP contribution in [0.25, 0.3) is 0 Å². The predicted molar refractivity (Wildman–Crippen MR) is 28.8 cm³/mol. The van der Waals surface area contributed by atoms with Crippen LogP contribution in [-0.2, 0) is 14.3 Å². The maximum absolute atomic E-state index is 10.1. The average Bonchev–Trinajstić information content (AvgIpc) is 1.83. The summed E-state index contributed by atoms with van der Waals surface area (Å²) >= 11 is 0. The Morgan fingerprint density at radius 1 is 1.44 bits per heavy atom. The summed E-state index contributed by atoms with van der Waals surface area (Å²) in [6.45, 7) is 0. The van der Waals surface area contributed by atoms with Gasteiger partial charge in [0.25, 0.3) is 0 Å². The van der Waals surface area contributed by atoms with Crippen LogP contribution < -0.4 is 0 Å². The summed E-state index contributed by atoms with van der Waals surface area (Å²) < 4.78 is 4.11. The molecule has 0 unspecified atom stereocenters. The third-order valence-electron chi connectivity index (χ3n) is 0.563.